The second kappa shape index (κ2) is 5.66. The van der Waals surface area contributed by atoms with Crippen molar-refractivity contribution < 1.29 is 9.21 Å². The number of hydrogen-bond acceptors (Lipinski definition) is 6. The molecular formula is C12H10ClN5O2S. The molecular weight excluding hydrogens is 314 g/mol. The summed E-state index contributed by atoms with van der Waals surface area (Å²) < 4.78 is 7.10. The Labute approximate surface area is 128 Å². The minimum Gasteiger partial charge on any atom is -0.454 e. The molecule has 1 N–H and O–H groups in total. The van der Waals surface area contributed by atoms with Crippen LogP contribution in [0, 0.1) is 6.92 Å². The smallest absolute Gasteiger partial charge is 0.293 e. The number of amides is 1. The van der Waals surface area contributed by atoms with Crippen LogP contribution < -0.4 is 5.32 Å². The fourth-order valence-corrected chi connectivity index (χ4v) is 2.42. The zero-order chi connectivity index (χ0) is 14.8. The van der Waals surface area contributed by atoms with E-state index >= 15 is 0 Å². The molecule has 0 spiro atoms. The van der Waals surface area contributed by atoms with E-state index in [4.69, 9.17) is 16.0 Å². The van der Waals surface area contributed by atoms with E-state index in [0.29, 0.717) is 22.5 Å². The van der Waals surface area contributed by atoms with E-state index in [-0.39, 0.29) is 11.7 Å². The minimum absolute atomic E-state index is 0.205. The molecule has 3 aromatic heterocycles. The quantitative estimate of drug-likeness (QED) is 0.797. The number of carbonyl (C=O) groups is 1. The molecule has 3 heterocycles. The SMILES string of the molecule is Cc1nnc(NC(=O)c2ccc(Cn3cc(Cl)cn3)o2)s1. The van der Waals surface area contributed by atoms with Gasteiger partial charge in [-0.2, -0.15) is 5.10 Å². The molecule has 1 amide bonds. The van der Waals surface area contributed by atoms with Crippen LogP contribution in [0.5, 0.6) is 0 Å². The topological polar surface area (TPSA) is 85.8 Å². The molecule has 0 atom stereocenters. The highest BCUT2D eigenvalue weighted by Crippen LogP contribution is 2.16. The lowest BCUT2D eigenvalue weighted by Gasteiger charge is -1.98. The fraction of sp³-hybridized carbons (Fsp3) is 0.167. The van der Waals surface area contributed by atoms with Gasteiger partial charge in [-0.25, -0.2) is 0 Å². The lowest BCUT2D eigenvalue weighted by molar-refractivity contribution is 0.0994. The Morgan fingerprint density at radius 1 is 1.48 bits per heavy atom. The summed E-state index contributed by atoms with van der Waals surface area (Å²) in [5, 5.41) is 16.1. The lowest BCUT2D eigenvalue weighted by Crippen LogP contribution is -2.10. The van der Waals surface area contributed by atoms with Gasteiger partial charge in [-0.15, -0.1) is 10.2 Å². The lowest BCUT2D eigenvalue weighted by atomic mass is 10.4. The van der Waals surface area contributed by atoms with Crippen LogP contribution in [0.2, 0.25) is 5.02 Å². The summed E-state index contributed by atoms with van der Waals surface area (Å²) in [6.45, 7) is 2.21. The predicted octanol–water partition coefficient (Wildman–Crippen LogP) is 2.59. The number of halogens is 1. The highest BCUT2D eigenvalue weighted by molar-refractivity contribution is 7.15. The highest BCUT2D eigenvalue weighted by atomic mass is 35.5. The van der Waals surface area contributed by atoms with Gasteiger partial charge in [0, 0.05) is 6.20 Å². The Balaban J connectivity index is 1.68. The monoisotopic (exact) mass is 323 g/mol. The first-order valence-corrected chi connectivity index (χ1v) is 7.18. The van der Waals surface area contributed by atoms with E-state index in [0.717, 1.165) is 5.01 Å². The molecule has 0 saturated heterocycles. The van der Waals surface area contributed by atoms with E-state index in [1.54, 1.807) is 23.0 Å². The standard InChI is InChI=1S/C12H10ClN5O2S/c1-7-16-17-12(21-7)15-11(19)10-3-2-9(20-10)6-18-5-8(13)4-14-18/h2-5H,6H2,1H3,(H,15,17,19). The van der Waals surface area contributed by atoms with Crippen LogP contribution in [-0.2, 0) is 6.54 Å². The molecule has 3 aromatic rings. The van der Waals surface area contributed by atoms with Crippen molar-refractivity contribution in [2.75, 3.05) is 5.32 Å². The first-order valence-electron chi connectivity index (χ1n) is 5.98. The molecule has 0 aliphatic carbocycles. The van der Waals surface area contributed by atoms with Crippen LogP contribution in [0.3, 0.4) is 0 Å². The number of nitrogens with one attached hydrogen (secondary N) is 1. The van der Waals surface area contributed by atoms with Crippen LogP contribution in [0.25, 0.3) is 0 Å². The molecule has 0 unspecified atom stereocenters. The maximum Gasteiger partial charge on any atom is 0.293 e. The summed E-state index contributed by atoms with van der Waals surface area (Å²) >= 11 is 7.08. The molecule has 7 nitrogen and oxygen atoms in total. The van der Waals surface area contributed by atoms with Crippen LogP contribution in [0.4, 0.5) is 5.13 Å². The van der Waals surface area contributed by atoms with Crippen LogP contribution >= 0.6 is 22.9 Å². The van der Waals surface area contributed by atoms with Gasteiger partial charge in [0.15, 0.2) is 5.76 Å². The van der Waals surface area contributed by atoms with Gasteiger partial charge < -0.3 is 4.42 Å². The van der Waals surface area contributed by atoms with Gasteiger partial charge in [-0.05, 0) is 19.1 Å². The van der Waals surface area contributed by atoms with Crippen molar-refractivity contribution in [1.82, 2.24) is 20.0 Å². The summed E-state index contributed by atoms with van der Waals surface area (Å²) in [4.78, 5) is 12.0. The third-order valence-electron chi connectivity index (χ3n) is 2.55. The zero-order valence-corrected chi connectivity index (χ0v) is 12.5. The molecule has 3 rings (SSSR count). The number of aromatic nitrogens is 4. The van der Waals surface area contributed by atoms with Crippen molar-refractivity contribution in [1.29, 1.82) is 0 Å². The normalized spacial score (nSPS) is 10.8. The molecule has 9 heteroatoms. The van der Waals surface area contributed by atoms with Crippen LogP contribution in [-0.4, -0.2) is 25.9 Å². The second-order valence-electron chi connectivity index (χ2n) is 4.20. The fourth-order valence-electron chi connectivity index (χ4n) is 1.68. The van der Waals surface area contributed by atoms with Gasteiger partial charge >= 0.3 is 0 Å². The number of nitrogens with zero attached hydrogens (tertiary/aromatic N) is 4. The maximum absolute atomic E-state index is 12.0. The molecule has 0 aliphatic rings. The minimum atomic E-state index is -0.365. The molecule has 0 bridgehead atoms. The van der Waals surface area contributed by atoms with Crippen molar-refractivity contribution in [3.8, 4) is 0 Å². The van der Waals surface area contributed by atoms with Gasteiger partial charge in [0.25, 0.3) is 5.91 Å². The van der Waals surface area contributed by atoms with E-state index in [1.165, 1.54) is 17.5 Å². The van der Waals surface area contributed by atoms with Gasteiger partial charge in [0.1, 0.15) is 10.8 Å². The third-order valence-corrected chi connectivity index (χ3v) is 3.50. The number of aryl methyl sites for hydroxylation is 1. The molecule has 0 radical (unpaired) electrons. The van der Waals surface area contributed by atoms with Crippen molar-refractivity contribution in [2.24, 2.45) is 0 Å². The summed E-state index contributed by atoms with van der Waals surface area (Å²) in [7, 11) is 0. The van der Waals surface area contributed by atoms with Crippen LogP contribution in [0.15, 0.2) is 28.9 Å². The molecule has 108 valence electrons. The molecule has 0 aromatic carbocycles. The second-order valence-corrected chi connectivity index (χ2v) is 5.82. The maximum atomic E-state index is 12.0. The number of anilines is 1. The number of furan rings is 1. The largest absolute Gasteiger partial charge is 0.454 e. The molecule has 21 heavy (non-hydrogen) atoms. The third kappa shape index (κ3) is 3.29. The van der Waals surface area contributed by atoms with E-state index in [1.807, 2.05) is 6.92 Å². The van der Waals surface area contributed by atoms with Crippen molar-refractivity contribution in [3.05, 3.63) is 46.1 Å². The Morgan fingerprint density at radius 2 is 2.33 bits per heavy atom. The average Bonchev–Trinajstić information content (AvgIpc) is 3.13. The number of rotatable bonds is 4. The molecule has 0 aliphatic heterocycles. The van der Waals surface area contributed by atoms with E-state index in [2.05, 4.69) is 20.6 Å². The van der Waals surface area contributed by atoms with Crippen LogP contribution in [0.1, 0.15) is 21.3 Å². The Morgan fingerprint density at radius 3 is 3.00 bits per heavy atom. The Bertz CT molecular complexity index is 778. The van der Waals surface area contributed by atoms with Crippen molar-refractivity contribution in [2.45, 2.75) is 13.5 Å². The Hall–Kier alpha value is -2.19. The summed E-state index contributed by atoms with van der Waals surface area (Å²) in [6, 6.07) is 3.32. The van der Waals surface area contributed by atoms with Crippen molar-refractivity contribution in [3.63, 3.8) is 0 Å². The summed E-state index contributed by atoms with van der Waals surface area (Å²) in [5.41, 5.74) is 0. The first kappa shape index (κ1) is 13.8. The van der Waals surface area contributed by atoms with E-state index < -0.39 is 0 Å². The summed E-state index contributed by atoms with van der Waals surface area (Å²) in [6.07, 6.45) is 3.21. The first-order chi connectivity index (χ1) is 10.1. The Kier molecular flexibility index (Phi) is 3.72. The van der Waals surface area contributed by atoms with Crippen molar-refractivity contribution >= 4 is 34.0 Å². The van der Waals surface area contributed by atoms with Gasteiger partial charge in [-0.1, -0.05) is 22.9 Å². The summed E-state index contributed by atoms with van der Waals surface area (Å²) in [5.74, 6) is 0.445. The average molecular weight is 324 g/mol. The number of carbonyl (C=O) groups excluding carboxylic acids is 1. The zero-order valence-electron chi connectivity index (χ0n) is 10.9. The van der Waals surface area contributed by atoms with Gasteiger partial charge in [-0.3, -0.25) is 14.8 Å². The van der Waals surface area contributed by atoms with Gasteiger partial charge in [0.05, 0.1) is 17.8 Å². The molecule has 0 fully saturated rings. The van der Waals surface area contributed by atoms with E-state index in [9.17, 15) is 4.79 Å². The predicted molar refractivity (Wildman–Crippen MR) is 77.6 cm³/mol. The number of hydrogen-bond donors (Lipinski definition) is 1. The highest BCUT2D eigenvalue weighted by Gasteiger charge is 2.14. The molecule has 0 saturated carbocycles. The van der Waals surface area contributed by atoms with Gasteiger partial charge in [0.2, 0.25) is 5.13 Å².